The second kappa shape index (κ2) is 3.75. The van der Waals surface area contributed by atoms with Crippen molar-refractivity contribution in [1.82, 2.24) is 0 Å². The standard InChI is InChI=1S/C15H23BO2/c1-11-5-14-8-15(4,7-11)10-16(9-14)17-12(2)6-13(3)18-16/h6-7,14H,5,8-10H2,1-4H3/t14-,15+/m1/s1. The lowest BCUT2D eigenvalue weighted by atomic mass is 9.37. The smallest absolute Gasteiger partial charge is 0.591 e. The van der Waals surface area contributed by atoms with Crippen molar-refractivity contribution in [3.63, 3.8) is 0 Å². The van der Waals surface area contributed by atoms with Crippen LogP contribution in [0.4, 0.5) is 0 Å². The van der Waals surface area contributed by atoms with E-state index in [0.29, 0.717) is 0 Å². The zero-order valence-corrected chi connectivity index (χ0v) is 12.0. The summed E-state index contributed by atoms with van der Waals surface area (Å²) in [4.78, 5) is 0. The van der Waals surface area contributed by atoms with Gasteiger partial charge < -0.3 is 9.00 Å². The highest BCUT2D eigenvalue weighted by Gasteiger charge is 2.56. The van der Waals surface area contributed by atoms with Crippen molar-refractivity contribution in [2.24, 2.45) is 11.3 Å². The van der Waals surface area contributed by atoms with E-state index in [-0.39, 0.29) is 5.41 Å². The highest BCUT2D eigenvalue weighted by molar-refractivity contribution is 6.66. The van der Waals surface area contributed by atoms with Crippen LogP contribution in [0.15, 0.2) is 23.5 Å². The molecule has 0 radical (unpaired) electrons. The maximum absolute atomic E-state index is 6.17. The normalized spacial score (nSPS) is 42.9. The fourth-order valence-corrected chi connectivity index (χ4v) is 4.75. The second-order valence-electron chi connectivity index (χ2n) is 7.01. The van der Waals surface area contributed by atoms with Crippen LogP contribution in [0.2, 0.25) is 12.6 Å². The molecular formula is C15H23BO2. The highest BCUT2D eigenvalue weighted by Crippen LogP contribution is 2.52. The molecule has 2 aliphatic heterocycles. The lowest BCUT2D eigenvalue weighted by Gasteiger charge is -2.48. The van der Waals surface area contributed by atoms with Gasteiger partial charge in [-0.2, -0.15) is 0 Å². The number of hydrogen-bond acceptors (Lipinski definition) is 1. The fourth-order valence-electron chi connectivity index (χ4n) is 4.75. The van der Waals surface area contributed by atoms with Crippen LogP contribution in [-0.4, -0.2) is 12.3 Å². The molecule has 1 saturated heterocycles. The quantitative estimate of drug-likeness (QED) is 0.361. The van der Waals surface area contributed by atoms with E-state index < -0.39 is 6.55 Å². The third-order valence-corrected chi connectivity index (χ3v) is 4.64. The third kappa shape index (κ3) is 2.04. The van der Waals surface area contributed by atoms with E-state index in [1.807, 2.05) is 19.9 Å². The van der Waals surface area contributed by atoms with Gasteiger partial charge in [0.15, 0.2) is 0 Å². The van der Waals surface area contributed by atoms with Crippen LogP contribution in [0.3, 0.4) is 0 Å². The first kappa shape index (κ1) is 12.1. The van der Waals surface area contributed by atoms with Crippen molar-refractivity contribution in [2.45, 2.75) is 53.2 Å². The molecular weight excluding hydrogens is 223 g/mol. The summed E-state index contributed by atoms with van der Waals surface area (Å²) < 4.78 is 12.3. The van der Waals surface area contributed by atoms with Crippen LogP contribution in [0.5, 0.6) is 0 Å². The Morgan fingerprint density at radius 3 is 2.83 bits per heavy atom. The van der Waals surface area contributed by atoms with E-state index in [9.17, 15) is 0 Å². The maximum Gasteiger partial charge on any atom is 0.591 e. The molecule has 1 aliphatic carbocycles. The van der Waals surface area contributed by atoms with Gasteiger partial charge in [-0.3, -0.25) is 0 Å². The number of rotatable bonds is 0. The summed E-state index contributed by atoms with van der Waals surface area (Å²) in [5.41, 5.74) is 1.81. The highest BCUT2D eigenvalue weighted by atomic mass is 16.6. The summed E-state index contributed by atoms with van der Waals surface area (Å²) in [5, 5.41) is 0. The summed E-state index contributed by atoms with van der Waals surface area (Å²) in [5.74, 6) is 2.76. The van der Waals surface area contributed by atoms with Gasteiger partial charge in [0, 0.05) is 6.92 Å². The molecule has 0 aromatic carbocycles. The van der Waals surface area contributed by atoms with Crippen molar-refractivity contribution in [3.8, 4) is 0 Å². The van der Waals surface area contributed by atoms with Crippen molar-refractivity contribution in [1.29, 1.82) is 0 Å². The molecule has 0 unspecified atom stereocenters. The number of carbonyl (C=O) groups excluding carboxylic acids is 1. The van der Waals surface area contributed by atoms with E-state index in [0.717, 1.165) is 30.1 Å². The van der Waals surface area contributed by atoms with Gasteiger partial charge in [0.2, 0.25) is 5.78 Å². The summed E-state index contributed by atoms with van der Waals surface area (Å²) in [6.07, 6.45) is 9.09. The van der Waals surface area contributed by atoms with Gasteiger partial charge in [-0.25, -0.2) is 0 Å². The first-order valence-corrected chi connectivity index (χ1v) is 7.14. The Hall–Kier alpha value is -0.985. The summed E-state index contributed by atoms with van der Waals surface area (Å²) in [6.45, 7) is 7.57. The molecule has 3 rings (SSSR count). The second-order valence-corrected chi connectivity index (χ2v) is 7.01. The minimum absolute atomic E-state index is 0.267. The van der Waals surface area contributed by atoms with Crippen LogP contribution in [0, 0.1) is 11.3 Å². The van der Waals surface area contributed by atoms with Crippen molar-refractivity contribution < 1.29 is 9.00 Å². The minimum Gasteiger partial charge on any atom is -0.637 e. The van der Waals surface area contributed by atoms with Crippen LogP contribution >= 0.6 is 0 Å². The average molecular weight is 246 g/mol. The first-order chi connectivity index (χ1) is 8.38. The van der Waals surface area contributed by atoms with Gasteiger partial charge in [-0.1, -0.05) is 24.5 Å². The monoisotopic (exact) mass is 246 g/mol. The van der Waals surface area contributed by atoms with E-state index in [1.54, 1.807) is 5.57 Å². The molecule has 98 valence electrons. The Morgan fingerprint density at radius 2 is 2.17 bits per heavy atom. The Bertz CT molecular complexity index is 477. The van der Waals surface area contributed by atoms with Gasteiger partial charge in [0.05, 0.1) is 11.8 Å². The van der Waals surface area contributed by atoms with Gasteiger partial charge in [0.1, 0.15) is 0 Å². The molecule has 0 aromatic rings. The molecule has 1 spiro atoms. The third-order valence-electron chi connectivity index (χ3n) is 4.64. The van der Waals surface area contributed by atoms with E-state index in [2.05, 4.69) is 19.9 Å². The molecule has 2 bridgehead atoms. The molecule has 0 amide bonds. The average Bonchev–Trinajstić information content (AvgIpc) is 2.09. The lowest BCUT2D eigenvalue weighted by Crippen LogP contribution is -2.52. The number of fused-ring (bicyclic) bond motifs is 2. The molecule has 3 heteroatoms. The molecule has 1 fully saturated rings. The Kier molecular flexibility index (Phi) is 2.52. The van der Waals surface area contributed by atoms with Crippen LogP contribution in [0.25, 0.3) is 0 Å². The zero-order valence-electron chi connectivity index (χ0n) is 12.0. The Balaban J connectivity index is 1.96. The number of ketones is 1. The van der Waals surface area contributed by atoms with Gasteiger partial charge in [-0.15, -0.1) is 0 Å². The largest absolute Gasteiger partial charge is 0.637 e. The summed E-state index contributed by atoms with van der Waals surface area (Å²) in [6, 6.07) is 0. The van der Waals surface area contributed by atoms with Crippen LogP contribution in [-0.2, 0) is 9.00 Å². The van der Waals surface area contributed by atoms with Crippen molar-refractivity contribution >= 4 is 12.3 Å². The number of allylic oxidation sites excluding steroid dienone is 4. The molecule has 2 heterocycles. The van der Waals surface area contributed by atoms with Gasteiger partial charge >= 0.3 is 6.55 Å². The Morgan fingerprint density at radius 1 is 1.39 bits per heavy atom. The van der Waals surface area contributed by atoms with Crippen LogP contribution in [0.1, 0.15) is 40.5 Å². The van der Waals surface area contributed by atoms with Gasteiger partial charge in [0.25, 0.3) is 0 Å². The topological polar surface area (TPSA) is 20.5 Å². The molecule has 18 heavy (non-hydrogen) atoms. The zero-order chi connectivity index (χ0) is 13.0. The lowest BCUT2D eigenvalue weighted by molar-refractivity contribution is -0.338. The predicted molar refractivity (Wildman–Crippen MR) is 75.5 cm³/mol. The fraction of sp³-hybridized carbons (Fsp3) is 0.667. The van der Waals surface area contributed by atoms with E-state index in [4.69, 9.17) is 9.00 Å². The molecule has 0 N–H and O–H groups in total. The van der Waals surface area contributed by atoms with Gasteiger partial charge in [-0.05, 0) is 44.7 Å². The first-order valence-electron chi connectivity index (χ1n) is 7.14. The van der Waals surface area contributed by atoms with E-state index in [1.165, 1.54) is 12.8 Å². The minimum atomic E-state index is -1.14. The molecule has 0 aromatic heterocycles. The SMILES string of the molecule is CC1=C[C@@]2(C)C[C@@H](C1)C[B@-]1(C2)OC(C)=CC(C)=[O+]1. The molecule has 0 saturated carbocycles. The van der Waals surface area contributed by atoms with Crippen molar-refractivity contribution in [2.75, 3.05) is 0 Å². The van der Waals surface area contributed by atoms with E-state index >= 15 is 0 Å². The summed E-state index contributed by atoms with van der Waals surface area (Å²) >= 11 is 0. The predicted octanol–water partition coefficient (Wildman–Crippen LogP) is 3.86. The number of hydrogen-bond donors (Lipinski definition) is 0. The molecule has 3 aliphatic rings. The maximum atomic E-state index is 6.17. The molecule has 2 nitrogen and oxygen atoms in total. The van der Waals surface area contributed by atoms with Crippen LogP contribution < -0.4 is 0 Å². The summed E-state index contributed by atoms with van der Waals surface area (Å²) in [7, 11) is 0. The molecule has 3 atom stereocenters. The Labute approximate surface area is 110 Å². The van der Waals surface area contributed by atoms with Crippen molar-refractivity contribution in [3.05, 3.63) is 23.5 Å².